The molecule has 1 nitrogen and oxygen atoms in total. The monoisotopic (exact) mass is 99.0 g/mol. The van der Waals surface area contributed by atoms with Crippen LogP contribution in [0.2, 0.25) is 0 Å². The van der Waals surface area contributed by atoms with E-state index >= 15 is 0 Å². The second-order valence-electron chi connectivity index (χ2n) is 0.292. The third-order valence-corrected chi connectivity index (χ3v) is 0.179. The minimum Gasteiger partial charge on any atom is -1.00 e. The molecular formula is C2H3ClNNa. The van der Waals surface area contributed by atoms with Crippen LogP contribution in [0.4, 0.5) is 0 Å². The van der Waals surface area contributed by atoms with Crippen molar-refractivity contribution < 1.29 is 31.0 Å². The van der Waals surface area contributed by atoms with Gasteiger partial charge in [0.25, 0.3) is 0 Å². The van der Waals surface area contributed by atoms with Gasteiger partial charge >= 0.3 is 29.6 Å². The van der Waals surface area contributed by atoms with Gasteiger partial charge in [0.2, 0.25) is 0 Å². The Morgan fingerprint density at radius 1 is 2.00 bits per heavy atom. The fraction of sp³-hybridized carbons (Fsp3) is 0.500. The normalized spacial score (nSPS) is 4.00. The number of nitriles is 1. The van der Waals surface area contributed by atoms with Crippen LogP contribution in [0.15, 0.2) is 0 Å². The fourth-order valence-electron chi connectivity index (χ4n) is 0. The number of rotatable bonds is 0. The van der Waals surface area contributed by atoms with Gasteiger partial charge in [-0.15, -0.1) is 11.6 Å². The summed E-state index contributed by atoms with van der Waals surface area (Å²) in [5.74, 6) is 0.0972. The van der Waals surface area contributed by atoms with Gasteiger partial charge in [-0.1, -0.05) is 0 Å². The van der Waals surface area contributed by atoms with E-state index in [2.05, 4.69) is 0 Å². The van der Waals surface area contributed by atoms with Crippen LogP contribution in [-0.4, -0.2) is 5.88 Å². The molecule has 0 aliphatic heterocycles. The maximum absolute atomic E-state index is 7.49. The average molecular weight is 99.5 g/mol. The summed E-state index contributed by atoms with van der Waals surface area (Å²) in [6.45, 7) is 0. The van der Waals surface area contributed by atoms with Crippen LogP contribution in [0.3, 0.4) is 0 Å². The van der Waals surface area contributed by atoms with Crippen molar-refractivity contribution in [2.45, 2.75) is 0 Å². The summed E-state index contributed by atoms with van der Waals surface area (Å²) in [6, 6.07) is 1.70. The third-order valence-electron chi connectivity index (χ3n) is 0.0598. The van der Waals surface area contributed by atoms with Crippen LogP contribution in [0, 0.1) is 11.3 Å². The molecule has 5 heavy (non-hydrogen) atoms. The zero-order valence-corrected chi connectivity index (χ0v) is 5.79. The van der Waals surface area contributed by atoms with Crippen molar-refractivity contribution in [2.24, 2.45) is 0 Å². The molecule has 0 heterocycles. The molecule has 0 aromatic heterocycles. The maximum atomic E-state index is 7.49. The molecule has 0 rings (SSSR count). The Morgan fingerprint density at radius 3 is 2.20 bits per heavy atom. The second kappa shape index (κ2) is 8.84. The van der Waals surface area contributed by atoms with Crippen molar-refractivity contribution in [3.63, 3.8) is 0 Å². The minimum atomic E-state index is 0. The van der Waals surface area contributed by atoms with E-state index in [0.29, 0.717) is 0 Å². The molecule has 0 bridgehead atoms. The van der Waals surface area contributed by atoms with Crippen molar-refractivity contribution in [1.82, 2.24) is 0 Å². The minimum absolute atomic E-state index is 0. The number of nitrogens with zero attached hydrogens (tertiary/aromatic N) is 1. The number of hydrogen-bond acceptors (Lipinski definition) is 1. The zero-order chi connectivity index (χ0) is 3.41. The van der Waals surface area contributed by atoms with Gasteiger partial charge in [-0.3, -0.25) is 0 Å². The quantitative estimate of drug-likeness (QED) is 0.251. The molecule has 0 fully saturated rings. The number of halogens is 1. The number of alkyl halides is 1. The molecule has 0 aromatic rings. The molecule has 3 heteroatoms. The van der Waals surface area contributed by atoms with Crippen molar-refractivity contribution in [3.8, 4) is 6.07 Å². The SMILES string of the molecule is N#CCCl.[H-].[Na+]. The van der Waals surface area contributed by atoms with Gasteiger partial charge in [0.1, 0.15) is 5.88 Å². The molecule has 0 radical (unpaired) electrons. The predicted molar refractivity (Wildman–Crippen MR) is 17.4 cm³/mol. The first-order chi connectivity index (χ1) is 1.91. The van der Waals surface area contributed by atoms with Gasteiger partial charge in [-0.25, -0.2) is 0 Å². The Bertz CT molecular complexity index is 43.3. The predicted octanol–water partition coefficient (Wildman–Crippen LogP) is -2.13. The van der Waals surface area contributed by atoms with Gasteiger partial charge in [0.05, 0.1) is 6.07 Å². The summed E-state index contributed by atoms with van der Waals surface area (Å²) in [6.07, 6.45) is 0. The molecule has 0 amide bonds. The molecule has 0 aliphatic rings. The first-order valence-corrected chi connectivity index (χ1v) is 1.38. The molecule has 0 aliphatic carbocycles. The Labute approximate surface area is 59.7 Å². The van der Waals surface area contributed by atoms with Crippen LogP contribution < -0.4 is 29.6 Å². The van der Waals surface area contributed by atoms with E-state index in [9.17, 15) is 0 Å². The smallest absolute Gasteiger partial charge is 1.00 e. The fourth-order valence-corrected chi connectivity index (χ4v) is 0. The first-order valence-electron chi connectivity index (χ1n) is 0.844. The van der Waals surface area contributed by atoms with Gasteiger partial charge in [0.15, 0.2) is 0 Å². The maximum Gasteiger partial charge on any atom is 1.00 e. The van der Waals surface area contributed by atoms with Gasteiger partial charge in [-0.05, 0) is 0 Å². The van der Waals surface area contributed by atoms with Crippen molar-refractivity contribution >= 4 is 11.6 Å². The molecule has 0 N–H and O–H groups in total. The molecule has 0 saturated carbocycles. The van der Waals surface area contributed by atoms with E-state index in [0.717, 1.165) is 0 Å². The van der Waals surface area contributed by atoms with E-state index in [-0.39, 0.29) is 36.9 Å². The standard InChI is InChI=1S/C2H2ClN.Na.H/c3-1-2-4;;/h1H2;;/q;+1;-1. The first kappa shape index (κ1) is 9.24. The molecule has 0 unspecified atom stereocenters. The zero-order valence-electron chi connectivity index (χ0n) is 4.03. The van der Waals surface area contributed by atoms with E-state index in [4.69, 9.17) is 16.9 Å². The molecule has 0 spiro atoms. The molecule has 0 aromatic carbocycles. The molecule has 0 atom stereocenters. The summed E-state index contributed by atoms with van der Waals surface area (Å²) in [7, 11) is 0. The van der Waals surface area contributed by atoms with Crippen molar-refractivity contribution in [1.29, 1.82) is 5.26 Å². The van der Waals surface area contributed by atoms with E-state index < -0.39 is 0 Å². The van der Waals surface area contributed by atoms with Crippen molar-refractivity contribution in [2.75, 3.05) is 5.88 Å². The van der Waals surface area contributed by atoms with Gasteiger partial charge in [0, 0.05) is 0 Å². The second-order valence-corrected chi connectivity index (χ2v) is 0.559. The Hall–Kier alpha value is 0.780. The van der Waals surface area contributed by atoms with E-state index in [1.807, 2.05) is 0 Å². The van der Waals surface area contributed by atoms with Gasteiger partial charge in [-0.2, -0.15) is 5.26 Å². The van der Waals surface area contributed by atoms with Crippen LogP contribution in [0.5, 0.6) is 0 Å². The molecule has 24 valence electrons. The van der Waals surface area contributed by atoms with Crippen LogP contribution in [-0.2, 0) is 0 Å². The summed E-state index contributed by atoms with van der Waals surface area (Å²) in [5, 5.41) is 7.49. The molecular weight excluding hydrogens is 96.5 g/mol. The summed E-state index contributed by atoms with van der Waals surface area (Å²) < 4.78 is 0. The Balaban J connectivity index is -0.0000000450. The third kappa shape index (κ3) is 11.7. The largest absolute Gasteiger partial charge is 1.00 e. The summed E-state index contributed by atoms with van der Waals surface area (Å²) >= 11 is 4.82. The topological polar surface area (TPSA) is 23.8 Å². The Morgan fingerprint density at radius 2 is 2.20 bits per heavy atom. The van der Waals surface area contributed by atoms with Crippen molar-refractivity contribution in [3.05, 3.63) is 0 Å². The number of hydrogen-bond donors (Lipinski definition) is 0. The van der Waals surface area contributed by atoms with E-state index in [1.165, 1.54) is 0 Å². The summed E-state index contributed by atoms with van der Waals surface area (Å²) in [4.78, 5) is 0. The van der Waals surface area contributed by atoms with Gasteiger partial charge < -0.3 is 1.43 Å². The van der Waals surface area contributed by atoms with Crippen LogP contribution in [0.25, 0.3) is 0 Å². The van der Waals surface area contributed by atoms with Crippen LogP contribution in [0.1, 0.15) is 1.43 Å². The average Bonchev–Trinajstić information content (AvgIpc) is 1.37. The molecule has 0 saturated heterocycles. The van der Waals surface area contributed by atoms with Crippen LogP contribution >= 0.6 is 11.6 Å². The Kier molecular flexibility index (Phi) is 16.3. The van der Waals surface area contributed by atoms with E-state index in [1.54, 1.807) is 6.07 Å². The summed E-state index contributed by atoms with van der Waals surface area (Å²) in [5.41, 5.74) is 0.